The fourth-order valence-corrected chi connectivity index (χ4v) is 0.946. The molecule has 1 saturated heterocycles. The van der Waals surface area contributed by atoms with Crippen molar-refractivity contribution in [3.05, 3.63) is 12.3 Å². The third-order valence-corrected chi connectivity index (χ3v) is 1.73. The highest BCUT2D eigenvalue weighted by molar-refractivity contribution is 5.70. The predicted octanol–water partition coefficient (Wildman–Crippen LogP) is -0.263. The monoisotopic (exact) mass is 168 g/mol. The maximum Gasteiger partial charge on any atom is 0.109 e. The zero-order chi connectivity index (χ0) is 8.97. The van der Waals surface area contributed by atoms with E-state index in [1.807, 2.05) is 31.1 Å². The van der Waals surface area contributed by atoms with Gasteiger partial charge in [0.15, 0.2) is 0 Å². The maximum absolute atomic E-state index is 5.58. The Bertz CT molecular complexity index is 187. The van der Waals surface area contributed by atoms with Crippen LogP contribution >= 0.6 is 0 Å². The number of likely N-dealkylation sites (N-methyl/N-ethyl adjacent to an activating group) is 1. The third kappa shape index (κ3) is 2.64. The smallest absolute Gasteiger partial charge is 0.109 e. The van der Waals surface area contributed by atoms with E-state index in [4.69, 9.17) is 5.73 Å². The molecule has 1 fully saturated rings. The lowest BCUT2D eigenvalue weighted by molar-refractivity contribution is 0.430. The molecule has 4 heteroatoms. The molecule has 0 bridgehead atoms. The third-order valence-electron chi connectivity index (χ3n) is 1.73. The minimum absolute atomic E-state index is 0.128. The minimum atomic E-state index is 0.128. The molecule has 0 saturated carbocycles. The Morgan fingerprint density at radius 3 is 2.83 bits per heavy atom. The van der Waals surface area contributed by atoms with Gasteiger partial charge in [-0.3, -0.25) is 10.3 Å². The van der Waals surface area contributed by atoms with Crippen LogP contribution in [0.3, 0.4) is 0 Å². The van der Waals surface area contributed by atoms with Gasteiger partial charge in [-0.05, 0) is 13.0 Å². The van der Waals surface area contributed by atoms with Crippen LogP contribution in [0.1, 0.15) is 6.92 Å². The van der Waals surface area contributed by atoms with Gasteiger partial charge in [0.1, 0.15) is 6.17 Å². The predicted molar refractivity (Wildman–Crippen MR) is 50.8 cm³/mol. The Morgan fingerprint density at radius 1 is 1.67 bits per heavy atom. The van der Waals surface area contributed by atoms with Gasteiger partial charge in [0.25, 0.3) is 0 Å². The van der Waals surface area contributed by atoms with Crippen LogP contribution in [-0.2, 0) is 0 Å². The molecule has 1 rings (SSSR count). The van der Waals surface area contributed by atoms with Gasteiger partial charge in [0.05, 0.1) is 6.17 Å². The average Bonchev–Trinajstić information content (AvgIpc) is 2.76. The molecular weight excluding hydrogens is 152 g/mol. The molecule has 2 unspecified atom stereocenters. The van der Waals surface area contributed by atoms with Crippen LogP contribution in [0.25, 0.3) is 0 Å². The normalized spacial score (nSPS) is 28.6. The first-order valence-electron chi connectivity index (χ1n) is 4.16. The van der Waals surface area contributed by atoms with Crippen molar-refractivity contribution < 1.29 is 0 Å². The molecule has 3 N–H and O–H groups in total. The Labute approximate surface area is 73.1 Å². The molecule has 0 radical (unpaired) electrons. The summed E-state index contributed by atoms with van der Waals surface area (Å²) in [5, 5.41) is 3.08. The first-order valence-corrected chi connectivity index (χ1v) is 4.16. The number of allylic oxidation sites excluding steroid dienone is 1. The molecule has 1 aliphatic heterocycles. The molecule has 2 atom stereocenters. The summed E-state index contributed by atoms with van der Waals surface area (Å²) in [4.78, 5) is 6.09. The Hall–Kier alpha value is -0.870. The zero-order valence-electron chi connectivity index (χ0n) is 7.57. The van der Waals surface area contributed by atoms with Crippen LogP contribution < -0.4 is 11.1 Å². The van der Waals surface area contributed by atoms with Crippen LogP contribution in [0.15, 0.2) is 17.3 Å². The summed E-state index contributed by atoms with van der Waals surface area (Å²) in [7, 11) is 1.99. The van der Waals surface area contributed by atoms with Gasteiger partial charge in [-0.2, -0.15) is 0 Å². The van der Waals surface area contributed by atoms with E-state index in [1.54, 1.807) is 6.21 Å². The molecule has 4 nitrogen and oxygen atoms in total. The van der Waals surface area contributed by atoms with Crippen LogP contribution in [-0.4, -0.2) is 37.0 Å². The largest absolute Gasteiger partial charge is 0.362 e. The van der Waals surface area contributed by atoms with Crippen molar-refractivity contribution in [2.24, 2.45) is 10.7 Å². The topological polar surface area (TPSA) is 63.6 Å². The Morgan fingerprint density at radius 2 is 2.33 bits per heavy atom. The van der Waals surface area contributed by atoms with Gasteiger partial charge in [-0.15, -0.1) is 0 Å². The lowest BCUT2D eigenvalue weighted by atomic mass is 10.5. The maximum atomic E-state index is 5.58. The van der Waals surface area contributed by atoms with Gasteiger partial charge in [-0.1, -0.05) is 0 Å². The number of hydrogen-bond acceptors (Lipinski definition) is 4. The molecule has 0 aromatic heterocycles. The SMILES string of the molecule is CC/N=C\C=C/N(C)C1NC1N. The summed E-state index contributed by atoms with van der Waals surface area (Å²) in [6, 6.07) is 0. The van der Waals surface area contributed by atoms with E-state index < -0.39 is 0 Å². The van der Waals surface area contributed by atoms with Crippen LogP contribution in [0.5, 0.6) is 0 Å². The number of nitrogens with zero attached hydrogens (tertiary/aromatic N) is 2. The van der Waals surface area contributed by atoms with E-state index in [-0.39, 0.29) is 6.17 Å². The molecule has 0 aliphatic carbocycles. The first-order chi connectivity index (χ1) is 5.75. The quantitative estimate of drug-likeness (QED) is 0.449. The molecule has 0 aromatic rings. The molecule has 12 heavy (non-hydrogen) atoms. The zero-order valence-corrected chi connectivity index (χ0v) is 7.57. The molecule has 68 valence electrons. The number of nitrogens with two attached hydrogens (primary N) is 1. The van der Waals surface area contributed by atoms with Gasteiger partial charge in [-0.25, -0.2) is 0 Å². The number of rotatable bonds is 4. The van der Waals surface area contributed by atoms with E-state index >= 15 is 0 Å². The van der Waals surface area contributed by atoms with Crippen molar-refractivity contribution in [1.82, 2.24) is 10.2 Å². The van der Waals surface area contributed by atoms with Crippen molar-refractivity contribution in [1.29, 1.82) is 0 Å². The van der Waals surface area contributed by atoms with E-state index in [0.717, 1.165) is 6.54 Å². The molecule has 0 spiro atoms. The number of hydrogen-bond donors (Lipinski definition) is 2. The Kier molecular flexibility index (Phi) is 3.25. The van der Waals surface area contributed by atoms with Crippen LogP contribution in [0.4, 0.5) is 0 Å². The molecule has 0 aromatic carbocycles. The van der Waals surface area contributed by atoms with Crippen molar-refractivity contribution in [3.63, 3.8) is 0 Å². The van der Waals surface area contributed by atoms with Gasteiger partial charge in [0, 0.05) is 26.0 Å². The van der Waals surface area contributed by atoms with Gasteiger partial charge >= 0.3 is 0 Å². The lowest BCUT2D eigenvalue weighted by Crippen LogP contribution is -2.20. The lowest BCUT2D eigenvalue weighted by Gasteiger charge is -2.09. The number of aliphatic imine (C=N–C) groups is 1. The molecular formula is C8H16N4. The van der Waals surface area contributed by atoms with Gasteiger partial charge < -0.3 is 10.6 Å². The highest BCUT2D eigenvalue weighted by Crippen LogP contribution is 2.08. The van der Waals surface area contributed by atoms with E-state index in [0.29, 0.717) is 6.17 Å². The second-order valence-corrected chi connectivity index (χ2v) is 2.79. The highest BCUT2D eigenvalue weighted by atomic mass is 15.4. The highest BCUT2D eigenvalue weighted by Gasteiger charge is 2.34. The summed E-state index contributed by atoms with van der Waals surface area (Å²) >= 11 is 0. The number of nitrogens with one attached hydrogen (secondary N) is 1. The molecule has 0 amide bonds. The standard InChI is InChI=1S/C8H16N4/c1-3-10-5-4-6-12(2)8-7(9)11-8/h4-8,11H,3,9H2,1-2H3/b6-4-,10-5-. The van der Waals surface area contributed by atoms with Crippen molar-refractivity contribution in [2.75, 3.05) is 13.6 Å². The second kappa shape index (κ2) is 4.23. The fourth-order valence-electron chi connectivity index (χ4n) is 0.946. The summed E-state index contributed by atoms with van der Waals surface area (Å²) < 4.78 is 0. The van der Waals surface area contributed by atoms with Crippen LogP contribution in [0.2, 0.25) is 0 Å². The summed E-state index contributed by atoms with van der Waals surface area (Å²) in [6.07, 6.45) is 6.10. The van der Waals surface area contributed by atoms with Crippen LogP contribution in [0, 0.1) is 0 Å². The van der Waals surface area contributed by atoms with Crippen molar-refractivity contribution in [3.8, 4) is 0 Å². The van der Waals surface area contributed by atoms with E-state index in [9.17, 15) is 0 Å². The van der Waals surface area contributed by atoms with Gasteiger partial charge in [0.2, 0.25) is 0 Å². The van der Waals surface area contributed by atoms with Crippen molar-refractivity contribution in [2.45, 2.75) is 19.3 Å². The van der Waals surface area contributed by atoms with E-state index in [1.165, 1.54) is 0 Å². The second-order valence-electron chi connectivity index (χ2n) is 2.79. The summed E-state index contributed by atoms with van der Waals surface area (Å²) in [5.41, 5.74) is 5.58. The van der Waals surface area contributed by atoms with E-state index in [2.05, 4.69) is 10.3 Å². The fraction of sp³-hybridized carbons (Fsp3) is 0.625. The molecule has 1 aliphatic rings. The average molecular weight is 168 g/mol. The Balaban J connectivity index is 2.21. The van der Waals surface area contributed by atoms with Crippen molar-refractivity contribution >= 4 is 6.21 Å². The summed E-state index contributed by atoms with van der Waals surface area (Å²) in [5.74, 6) is 0. The first kappa shape index (κ1) is 9.22. The minimum Gasteiger partial charge on any atom is -0.362 e. The molecule has 1 heterocycles. The summed E-state index contributed by atoms with van der Waals surface area (Å²) in [6.45, 7) is 2.83.